The largest absolute Gasteiger partial charge is 0.369 e. The van der Waals surface area contributed by atoms with Gasteiger partial charge in [-0.3, -0.25) is 4.79 Å². The van der Waals surface area contributed by atoms with E-state index in [0.29, 0.717) is 6.54 Å². The molecule has 1 amide bonds. The second-order valence-corrected chi connectivity index (χ2v) is 8.16. The summed E-state index contributed by atoms with van der Waals surface area (Å²) in [6.07, 6.45) is 1.51. The van der Waals surface area contributed by atoms with Gasteiger partial charge in [0.1, 0.15) is 11.6 Å². The van der Waals surface area contributed by atoms with Gasteiger partial charge in [-0.15, -0.1) is 0 Å². The SMILES string of the molecule is CC(C)N(Cc1ccccc1)C(=O)/C(C#N)=C\Nc1ccc(N2CCN(C)CC2)cc1. The van der Waals surface area contributed by atoms with Crippen LogP contribution in [0.5, 0.6) is 0 Å². The molecule has 0 unspecified atom stereocenters. The molecule has 2 aromatic rings. The van der Waals surface area contributed by atoms with Crippen molar-refractivity contribution < 1.29 is 4.79 Å². The molecule has 6 heteroatoms. The smallest absolute Gasteiger partial charge is 0.266 e. The quantitative estimate of drug-likeness (QED) is 0.550. The topological polar surface area (TPSA) is 62.6 Å². The zero-order chi connectivity index (χ0) is 22.2. The molecule has 3 rings (SSSR count). The molecule has 1 fully saturated rings. The maximum absolute atomic E-state index is 13.0. The molecule has 31 heavy (non-hydrogen) atoms. The Labute approximate surface area is 185 Å². The Morgan fingerprint density at radius 2 is 1.74 bits per heavy atom. The number of carbonyl (C=O) groups is 1. The summed E-state index contributed by atoms with van der Waals surface area (Å²) >= 11 is 0. The molecule has 1 heterocycles. The van der Waals surface area contributed by atoms with Crippen molar-refractivity contribution in [3.8, 4) is 6.07 Å². The number of piperazine rings is 1. The van der Waals surface area contributed by atoms with Gasteiger partial charge in [-0.05, 0) is 50.7 Å². The second-order valence-electron chi connectivity index (χ2n) is 8.16. The number of rotatable bonds is 7. The molecule has 0 radical (unpaired) electrons. The minimum absolute atomic E-state index is 0.0210. The third kappa shape index (κ3) is 6.09. The van der Waals surface area contributed by atoms with Gasteiger partial charge < -0.3 is 20.0 Å². The van der Waals surface area contributed by atoms with Crippen LogP contribution in [0.3, 0.4) is 0 Å². The first-order valence-electron chi connectivity index (χ1n) is 10.7. The van der Waals surface area contributed by atoms with E-state index in [0.717, 1.165) is 37.4 Å². The molecule has 0 atom stereocenters. The van der Waals surface area contributed by atoms with Crippen molar-refractivity contribution in [1.29, 1.82) is 5.26 Å². The molecule has 162 valence electrons. The molecule has 0 saturated carbocycles. The Kier molecular flexibility index (Phi) is 7.69. The van der Waals surface area contributed by atoms with Crippen LogP contribution in [0.2, 0.25) is 0 Å². The molecule has 1 aliphatic heterocycles. The van der Waals surface area contributed by atoms with Crippen LogP contribution in [0.15, 0.2) is 66.4 Å². The Balaban J connectivity index is 1.66. The first-order valence-corrected chi connectivity index (χ1v) is 10.7. The molecule has 1 saturated heterocycles. The molecule has 1 N–H and O–H groups in total. The van der Waals surface area contributed by atoms with E-state index in [1.54, 1.807) is 4.90 Å². The fourth-order valence-corrected chi connectivity index (χ4v) is 3.55. The summed E-state index contributed by atoms with van der Waals surface area (Å²) in [6.45, 7) is 8.54. The van der Waals surface area contributed by atoms with E-state index in [2.05, 4.69) is 40.4 Å². The number of anilines is 2. The summed E-state index contributed by atoms with van der Waals surface area (Å²) < 4.78 is 0. The van der Waals surface area contributed by atoms with Gasteiger partial charge in [-0.25, -0.2) is 0 Å². The lowest BCUT2D eigenvalue weighted by molar-refractivity contribution is -0.129. The highest BCUT2D eigenvalue weighted by Crippen LogP contribution is 2.20. The summed E-state index contributed by atoms with van der Waals surface area (Å²) in [6, 6.07) is 20.0. The van der Waals surface area contributed by atoms with Crippen LogP contribution < -0.4 is 10.2 Å². The number of benzene rings is 2. The lowest BCUT2D eigenvalue weighted by Crippen LogP contribution is -2.44. The van der Waals surface area contributed by atoms with Gasteiger partial charge in [0.2, 0.25) is 0 Å². The highest BCUT2D eigenvalue weighted by molar-refractivity contribution is 5.97. The van der Waals surface area contributed by atoms with Crippen molar-refractivity contribution in [3.05, 3.63) is 71.9 Å². The standard InChI is InChI=1S/C25H31N5O/c1-20(2)30(19-21-7-5-4-6-8-21)25(31)22(17-26)18-27-23-9-11-24(12-10-23)29-15-13-28(3)14-16-29/h4-12,18,20,27H,13-16,19H2,1-3H3/b22-18-. The minimum Gasteiger partial charge on any atom is -0.369 e. The lowest BCUT2D eigenvalue weighted by atomic mass is 10.1. The summed E-state index contributed by atoms with van der Waals surface area (Å²) in [5.74, 6) is -0.275. The Bertz CT molecular complexity index is 923. The fraction of sp³-hybridized carbons (Fsp3) is 0.360. The van der Waals surface area contributed by atoms with Gasteiger partial charge in [0.15, 0.2) is 0 Å². The van der Waals surface area contributed by atoms with Crippen LogP contribution in [-0.4, -0.2) is 55.0 Å². The first-order chi connectivity index (χ1) is 15.0. The predicted molar refractivity (Wildman–Crippen MR) is 126 cm³/mol. The van der Waals surface area contributed by atoms with Crippen LogP contribution in [0.25, 0.3) is 0 Å². The Morgan fingerprint density at radius 3 is 2.32 bits per heavy atom. The number of nitriles is 1. The fourth-order valence-electron chi connectivity index (χ4n) is 3.55. The first kappa shape index (κ1) is 22.4. The number of carbonyl (C=O) groups excluding carboxylic acids is 1. The van der Waals surface area contributed by atoms with E-state index in [-0.39, 0.29) is 17.5 Å². The molecule has 0 aliphatic carbocycles. The molecule has 6 nitrogen and oxygen atoms in total. The molecule has 0 bridgehead atoms. The van der Waals surface area contributed by atoms with Crippen LogP contribution in [0.1, 0.15) is 19.4 Å². The summed E-state index contributed by atoms with van der Waals surface area (Å²) in [5, 5.41) is 12.7. The molecule has 1 aliphatic rings. The number of likely N-dealkylation sites (N-methyl/N-ethyl adjacent to an activating group) is 1. The van der Waals surface area contributed by atoms with Crippen LogP contribution in [-0.2, 0) is 11.3 Å². The van der Waals surface area contributed by atoms with Crippen LogP contribution >= 0.6 is 0 Å². The number of nitrogens with zero attached hydrogens (tertiary/aromatic N) is 4. The zero-order valence-corrected chi connectivity index (χ0v) is 18.6. The third-order valence-electron chi connectivity index (χ3n) is 5.55. The maximum Gasteiger partial charge on any atom is 0.266 e. The zero-order valence-electron chi connectivity index (χ0n) is 18.6. The van der Waals surface area contributed by atoms with Crippen LogP contribution in [0, 0.1) is 11.3 Å². The molecule has 0 aromatic heterocycles. The second kappa shape index (κ2) is 10.6. The van der Waals surface area contributed by atoms with Gasteiger partial charge in [-0.2, -0.15) is 5.26 Å². The van der Waals surface area contributed by atoms with Crippen LogP contribution in [0.4, 0.5) is 11.4 Å². The number of amides is 1. The normalized spacial score (nSPS) is 14.9. The van der Waals surface area contributed by atoms with E-state index in [4.69, 9.17) is 0 Å². The van der Waals surface area contributed by atoms with Crippen molar-refractivity contribution in [2.75, 3.05) is 43.4 Å². The van der Waals surface area contributed by atoms with Crippen molar-refractivity contribution >= 4 is 17.3 Å². The number of hydrogen-bond donors (Lipinski definition) is 1. The highest BCUT2D eigenvalue weighted by atomic mass is 16.2. The monoisotopic (exact) mass is 417 g/mol. The minimum atomic E-state index is -0.275. The molecule has 0 spiro atoms. The highest BCUT2D eigenvalue weighted by Gasteiger charge is 2.21. The number of nitrogens with one attached hydrogen (secondary N) is 1. The van der Waals surface area contributed by atoms with Gasteiger partial charge in [0, 0.05) is 56.3 Å². The molecular formula is C25H31N5O. The Hall–Kier alpha value is -3.30. The summed E-state index contributed by atoms with van der Waals surface area (Å²) in [7, 11) is 2.14. The van der Waals surface area contributed by atoms with Crippen molar-refractivity contribution in [3.63, 3.8) is 0 Å². The molecular weight excluding hydrogens is 386 g/mol. The van der Waals surface area contributed by atoms with Crippen molar-refractivity contribution in [2.24, 2.45) is 0 Å². The van der Waals surface area contributed by atoms with E-state index in [1.165, 1.54) is 11.9 Å². The van der Waals surface area contributed by atoms with E-state index < -0.39 is 0 Å². The van der Waals surface area contributed by atoms with Crippen molar-refractivity contribution in [2.45, 2.75) is 26.4 Å². The van der Waals surface area contributed by atoms with E-state index in [9.17, 15) is 10.1 Å². The van der Waals surface area contributed by atoms with Gasteiger partial charge >= 0.3 is 0 Å². The van der Waals surface area contributed by atoms with E-state index in [1.807, 2.05) is 56.3 Å². The average molecular weight is 418 g/mol. The van der Waals surface area contributed by atoms with Gasteiger partial charge in [-0.1, -0.05) is 30.3 Å². The lowest BCUT2D eigenvalue weighted by Gasteiger charge is -2.34. The van der Waals surface area contributed by atoms with E-state index >= 15 is 0 Å². The maximum atomic E-state index is 13.0. The molecule has 2 aromatic carbocycles. The predicted octanol–water partition coefficient (Wildman–Crippen LogP) is 3.69. The Morgan fingerprint density at radius 1 is 1.10 bits per heavy atom. The summed E-state index contributed by atoms with van der Waals surface area (Å²) in [5.41, 5.74) is 3.16. The van der Waals surface area contributed by atoms with Gasteiger partial charge in [0.25, 0.3) is 5.91 Å². The van der Waals surface area contributed by atoms with Crippen molar-refractivity contribution in [1.82, 2.24) is 9.80 Å². The average Bonchev–Trinajstić information content (AvgIpc) is 2.79. The third-order valence-corrected chi connectivity index (χ3v) is 5.55. The number of hydrogen-bond acceptors (Lipinski definition) is 5. The summed E-state index contributed by atoms with van der Waals surface area (Å²) in [4.78, 5) is 19.4. The van der Waals surface area contributed by atoms with Gasteiger partial charge in [0.05, 0.1) is 0 Å².